The molecule has 3 aliphatic heterocycles. The molecule has 3 heterocycles. The van der Waals surface area contributed by atoms with E-state index < -0.39 is 44.7 Å². The molecule has 6 nitrogen and oxygen atoms in total. The summed E-state index contributed by atoms with van der Waals surface area (Å²) in [7, 11) is 0. The fourth-order valence-electron chi connectivity index (χ4n) is 2.96. The van der Waals surface area contributed by atoms with E-state index >= 15 is 0 Å². The minimum atomic E-state index is -1.68. The molecule has 3 N–H and O–H groups in total. The Morgan fingerprint density at radius 2 is 1.59 bits per heavy atom. The maximum atomic E-state index is 11.7. The second-order valence-corrected chi connectivity index (χ2v) is 10.6. The molecule has 0 radical (unpaired) electrons. The van der Waals surface area contributed by atoms with Crippen molar-refractivity contribution in [2.75, 3.05) is 0 Å². The van der Waals surface area contributed by atoms with Crippen LogP contribution in [0.4, 0.5) is 0 Å². The van der Waals surface area contributed by atoms with Crippen molar-refractivity contribution in [1.82, 2.24) is 0 Å². The van der Waals surface area contributed by atoms with Crippen LogP contribution >= 0.6 is 19.8 Å². The Morgan fingerprint density at radius 1 is 0.955 bits per heavy atom. The number of ether oxygens (including phenoxy) is 2. The van der Waals surface area contributed by atoms with Gasteiger partial charge in [-0.3, -0.25) is 0 Å². The Hall–Kier alpha value is -1.00. The fraction of sp³-hybridized carbons (Fsp3) is 0.400. The summed E-state index contributed by atoms with van der Waals surface area (Å²) in [6.45, 7) is 0. The van der Waals surface area contributed by atoms with E-state index in [4.69, 9.17) is 9.47 Å². The number of hydrogen-bond acceptors (Lipinski definition) is 6. The van der Waals surface area contributed by atoms with Crippen molar-refractivity contribution < 1.29 is 29.6 Å². The molecular weight excluding hydrogens is 403 g/mol. The predicted molar refractivity (Wildman–Crippen MR) is 84.6 cm³/mol. The molecule has 7 heteroatoms. The van der Waals surface area contributed by atoms with Gasteiger partial charge >= 0.3 is 134 Å². The third kappa shape index (κ3) is 2.19. The summed E-state index contributed by atoms with van der Waals surface area (Å²) >= 11 is -1.68. The molecule has 0 saturated carbocycles. The Kier molecular flexibility index (Phi) is 3.50. The van der Waals surface area contributed by atoms with Crippen LogP contribution in [0.25, 0.3) is 0 Å². The molecule has 4 unspecified atom stereocenters. The first-order valence-corrected chi connectivity index (χ1v) is 10.7. The zero-order valence-electron chi connectivity index (χ0n) is 11.5. The van der Waals surface area contributed by atoms with Gasteiger partial charge in [0.05, 0.1) is 0 Å². The monoisotopic (exact) mass is 418 g/mol. The van der Waals surface area contributed by atoms with Crippen molar-refractivity contribution in [3.05, 3.63) is 42.6 Å². The van der Waals surface area contributed by atoms with Crippen molar-refractivity contribution >= 4 is 25.8 Å². The van der Waals surface area contributed by atoms with E-state index in [1.54, 1.807) is 0 Å². The number of carbonyl (C=O) groups is 1. The molecule has 0 spiro atoms. The van der Waals surface area contributed by atoms with Crippen LogP contribution in [0, 0.1) is 0 Å². The number of rotatable bonds is 1. The molecule has 0 bridgehead atoms. The topological polar surface area (TPSA) is 96.2 Å². The minimum absolute atomic E-state index is 0.347. The van der Waals surface area contributed by atoms with Gasteiger partial charge in [-0.25, -0.2) is 0 Å². The number of allylic oxidation sites excluding steroid dienone is 2. The summed E-state index contributed by atoms with van der Waals surface area (Å²) in [5, 5.41) is 29.2. The van der Waals surface area contributed by atoms with Crippen LogP contribution in [0.5, 0.6) is 0 Å². The summed E-state index contributed by atoms with van der Waals surface area (Å²) < 4.78 is 14.2. The van der Waals surface area contributed by atoms with E-state index in [-0.39, 0.29) is 0 Å². The molecule has 0 aromatic carbocycles. The average Bonchev–Trinajstić information content (AvgIpc) is 3.02. The van der Waals surface area contributed by atoms with Crippen LogP contribution in [0.3, 0.4) is 0 Å². The third-order valence-corrected chi connectivity index (χ3v) is 9.99. The van der Waals surface area contributed by atoms with Gasteiger partial charge in [0, 0.05) is 0 Å². The molecule has 2 fully saturated rings. The first-order valence-electron chi connectivity index (χ1n) is 6.95. The number of cyclic esters (lactones) is 1. The van der Waals surface area contributed by atoms with Gasteiger partial charge in [0.25, 0.3) is 0 Å². The Balaban J connectivity index is 1.59. The Bertz CT molecular complexity index is 637. The van der Waals surface area contributed by atoms with Crippen LogP contribution in [-0.4, -0.2) is 44.1 Å². The van der Waals surface area contributed by atoms with Gasteiger partial charge in [-0.05, 0) is 0 Å². The van der Waals surface area contributed by atoms with Crippen LogP contribution in [0.1, 0.15) is 12.8 Å². The van der Waals surface area contributed by atoms with Gasteiger partial charge in [0.2, 0.25) is 0 Å². The SMILES string of the molecule is O=C1OC(O)C2=CCC(I3C=C4C(=C3)C(O)OC4O)CC=C12. The molecule has 0 aromatic rings. The van der Waals surface area contributed by atoms with Gasteiger partial charge in [0.15, 0.2) is 0 Å². The summed E-state index contributed by atoms with van der Waals surface area (Å²) in [4.78, 5) is 11.7. The van der Waals surface area contributed by atoms with Crippen LogP contribution in [-0.2, 0) is 14.3 Å². The van der Waals surface area contributed by atoms with E-state index in [1.807, 2.05) is 12.2 Å². The molecule has 22 heavy (non-hydrogen) atoms. The van der Waals surface area contributed by atoms with Crippen molar-refractivity contribution in [2.45, 2.75) is 35.6 Å². The molecule has 4 rings (SSSR count). The van der Waals surface area contributed by atoms with Crippen LogP contribution in [0.15, 0.2) is 42.6 Å². The number of hydrogen-bond donors (Lipinski definition) is 3. The number of aliphatic hydroxyl groups is 3. The number of esters is 1. The number of fused-ring (bicyclic) bond motifs is 2. The third-order valence-electron chi connectivity index (χ3n) is 4.15. The van der Waals surface area contributed by atoms with Gasteiger partial charge in [-0.1, -0.05) is 0 Å². The average molecular weight is 418 g/mol. The predicted octanol–water partition coefficient (Wildman–Crippen LogP) is 0.832. The second-order valence-electron chi connectivity index (χ2n) is 5.45. The first kappa shape index (κ1) is 14.6. The normalized spacial score (nSPS) is 38.5. The van der Waals surface area contributed by atoms with Crippen molar-refractivity contribution in [3.63, 3.8) is 0 Å². The fourth-order valence-corrected chi connectivity index (χ4v) is 8.73. The molecular formula is C15H15IO6. The standard InChI is InChI=1S/C15H15IO6/c17-12-8-3-1-7(2-4-9(8)13(18)21-12)16-5-10-11(6-16)15(20)22-14(10)19/h3-7,12,14-15,17,19-20H,1-2H2. The molecule has 4 atom stereocenters. The molecule has 2 saturated heterocycles. The molecule has 4 aliphatic rings. The molecule has 1 aliphatic carbocycles. The summed E-state index contributed by atoms with van der Waals surface area (Å²) in [5.74, 6) is -0.470. The Labute approximate surface area is 133 Å². The number of aliphatic hydroxyl groups excluding tert-OH is 3. The van der Waals surface area contributed by atoms with Gasteiger partial charge in [0.1, 0.15) is 0 Å². The number of carbonyl (C=O) groups excluding carboxylic acids is 1. The van der Waals surface area contributed by atoms with E-state index in [9.17, 15) is 20.1 Å². The summed E-state index contributed by atoms with van der Waals surface area (Å²) in [5.41, 5.74) is 2.42. The van der Waals surface area contributed by atoms with Crippen molar-refractivity contribution in [1.29, 1.82) is 0 Å². The van der Waals surface area contributed by atoms with Gasteiger partial charge < -0.3 is 0 Å². The van der Waals surface area contributed by atoms with Crippen molar-refractivity contribution in [2.24, 2.45) is 0 Å². The van der Waals surface area contributed by atoms with E-state index in [0.29, 0.717) is 26.2 Å². The van der Waals surface area contributed by atoms with Crippen LogP contribution in [0.2, 0.25) is 0 Å². The first-order chi connectivity index (χ1) is 10.5. The molecule has 0 aromatic heterocycles. The van der Waals surface area contributed by atoms with E-state index in [1.165, 1.54) is 0 Å². The molecule has 0 amide bonds. The molecule has 118 valence electrons. The second kappa shape index (κ2) is 5.27. The quantitative estimate of drug-likeness (QED) is 0.332. The zero-order chi connectivity index (χ0) is 15.4. The zero-order valence-corrected chi connectivity index (χ0v) is 13.6. The number of halogens is 1. The summed E-state index contributed by atoms with van der Waals surface area (Å²) in [6, 6.07) is 0. The van der Waals surface area contributed by atoms with E-state index in [0.717, 1.165) is 12.8 Å². The van der Waals surface area contributed by atoms with Crippen LogP contribution < -0.4 is 0 Å². The van der Waals surface area contributed by atoms with Gasteiger partial charge in [-0.15, -0.1) is 0 Å². The number of alkyl halides is 1. The van der Waals surface area contributed by atoms with E-state index in [2.05, 4.69) is 8.17 Å². The Morgan fingerprint density at radius 3 is 2.27 bits per heavy atom. The summed E-state index contributed by atoms with van der Waals surface area (Å²) in [6.07, 6.45) is 1.96. The van der Waals surface area contributed by atoms with Gasteiger partial charge in [-0.2, -0.15) is 0 Å². The van der Waals surface area contributed by atoms with Crippen molar-refractivity contribution in [3.8, 4) is 0 Å². The maximum absolute atomic E-state index is 11.7.